The molecule has 0 radical (unpaired) electrons. The van der Waals surface area contributed by atoms with Gasteiger partial charge < -0.3 is 10.4 Å². The van der Waals surface area contributed by atoms with Gasteiger partial charge in [-0.25, -0.2) is 0 Å². The Morgan fingerprint density at radius 1 is 1.29 bits per heavy atom. The molecule has 1 aromatic rings. The number of amides is 1. The third-order valence-electron chi connectivity index (χ3n) is 4.93. The van der Waals surface area contributed by atoms with Gasteiger partial charge in [0.1, 0.15) is 0 Å². The van der Waals surface area contributed by atoms with Gasteiger partial charge in [0.2, 0.25) is 0 Å². The molecule has 1 aromatic carbocycles. The van der Waals surface area contributed by atoms with Gasteiger partial charge in [0.25, 0.3) is 5.91 Å². The molecule has 4 nitrogen and oxygen atoms in total. The number of carbonyl (C=O) groups is 2. The summed E-state index contributed by atoms with van der Waals surface area (Å²) in [4.78, 5) is 23.9. The molecule has 0 saturated heterocycles. The molecule has 2 saturated carbocycles. The van der Waals surface area contributed by atoms with Gasteiger partial charge in [-0.05, 0) is 61.8 Å². The number of fused-ring (bicyclic) bond motifs is 2. The number of benzene rings is 1. The number of carboxylic acid groups (broad SMARTS) is 1. The van der Waals surface area contributed by atoms with Crippen LogP contribution in [0, 0.1) is 24.7 Å². The van der Waals surface area contributed by atoms with E-state index in [1.807, 2.05) is 19.1 Å². The van der Waals surface area contributed by atoms with E-state index in [1.54, 1.807) is 6.07 Å². The van der Waals surface area contributed by atoms with Gasteiger partial charge in [-0.3, -0.25) is 9.59 Å². The van der Waals surface area contributed by atoms with Crippen LogP contribution in [0.4, 0.5) is 0 Å². The highest BCUT2D eigenvalue weighted by molar-refractivity contribution is 9.10. The number of hydrogen-bond acceptors (Lipinski definition) is 2. The van der Waals surface area contributed by atoms with Crippen LogP contribution in [0.5, 0.6) is 0 Å². The average Bonchev–Trinajstić information content (AvgIpc) is 2.98. The normalized spacial score (nSPS) is 30.4. The lowest BCUT2D eigenvalue weighted by molar-refractivity contribution is -0.144. The number of nitrogens with one attached hydrogen (secondary N) is 1. The minimum absolute atomic E-state index is 0.163. The van der Waals surface area contributed by atoms with Crippen molar-refractivity contribution in [3.8, 4) is 0 Å². The highest BCUT2D eigenvalue weighted by Gasteiger charge is 2.51. The molecular weight excluding hydrogens is 334 g/mol. The predicted molar refractivity (Wildman–Crippen MR) is 82.1 cm³/mol. The molecule has 2 bridgehead atoms. The maximum absolute atomic E-state index is 12.5. The van der Waals surface area contributed by atoms with E-state index in [-0.39, 0.29) is 17.9 Å². The van der Waals surface area contributed by atoms with Crippen LogP contribution in [0.1, 0.15) is 35.2 Å². The monoisotopic (exact) mass is 351 g/mol. The first kappa shape index (κ1) is 14.6. The summed E-state index contributed by atoms with van der Waals surface area (Å²) in [5.74, 6) is -0.827. The summed E-state index contributed by atoms with van der Waals surface area (Å²) < 4.78 is 0.930. The smallest absolute Gasteiger partial charge is 0.308 e. The zero-order chi connectivity index (χ0) is 15.1. The van der Waals surface area contributed by atoms with Gasteiger partial charge in [0.05, 0.1) is 5.92 Å². The van der Waals surface area contributed by atoms with Crippen molar-refractivity contribution in [3.63, 3.8) is 0 Å². The predicted octanol–water partition coefficient (Wildman–Crippen LogP) is 2.99. The van der Waals surface area contributed by atoms with Crippen LogP contribution in [-0.2, 0) is 4.79 Å². The van der Waals surface area contributed by atoms with E-state index in [2.05, 4.69) is 21.2 Å². The van der Waals surface area contributed by atoms with Crippen molar-refractivity contribution in [1.29, 1.82) is 0 Å². The lowest BCUT2D eigenvalue weighted by atomic mass is 9.84. The molecule has 0 aliphatic heterocycles. The number of aryl methyl sites for hydroxylation is 1. The van der Waals surface area contributed by atoms with E-state index in [4.69, 9.17) is 0 Å². The van der Waals surface area contributed by atoms with Crippen molar-refractivity contribution in [1.82, 2.24) is 5.32 Å². The molecule has 4 atom stereocenters. The van der Waals surface area contributed by atoms with Crippen LogP contribution in [0.15, 0.2) is 22.7 Å². The Hall–Kier alpha value is -1.36. The fourth-order valence-electron chi connectivity index (χ4n) is 3.97. The topological polar surface area (TPSA) is 66.4 Å². The number of aliphatic carboxylic acids is 1. The summed E-state index contributed by atoms with van der Waals surface area (Å²) in [6.07, 6.45) is 2.94. The Morgan fingerprint density at radius 2 is 2.00 bits per heavy atom. The van der Waals surface area contributed by atoms with E-state index in [9.17, 15) is 14.7 Å². The van der Waals surface area contributed by atoms with Gasteiger partial charge in [0, 0.05) is 16.1 Å². The molecule has 2 aliphatic carbocycles. The molecular formula is C16H18BrNO3. The summed E-state index contributed by atoms with van der Waals surface area (Å²) >= 11 is 3.38. The first-order chi connectivity index (χ1) is 9.97. The van der Waals surface area contributed by atoms with Crippen LogP contribution in [-0.4, -0.2) is 23.0 Å². The van der Waals surface area contributed by atoms with Crippen molar-refractivity contribution >= 4 is 27.8 Å². The molecule has 0 heterocycles. The molecule has 2 N–H and O–H groups in total. The zero-order valence-electron chi connectivity index (χ0n) is 11.8. The standard InChI is InChI=1S/C16H18BrNO3/c1-8-6-11(17)4-5-12(8)15(19)18-14-10-3-2-9(7-10)13(14)16(20)21/h4-6,9-10,13-14H,2-3,7H2,1H3,(H,18,19)(H,20,21). The quantitative estimate of drug-likeness (QED) is 0.879. The Bertz CT molecular complexity index is 601. The molecule has 4 unspecified atom stereocenters. The summed E-state index contributed by atoms with van der Waals surface area (Å²) in [5, 5.41) is 12.4. The first-order valence-corrected chi connectivity index (χ1v) is 8.06. The molecule has 0 spiro atoms. The second-order valence-electron chi connectivity index (χ2n) is 6.16. The molecule has 112 valence electrons. The average molecular weight is 352 g/mol. The minimum atomic E-state index is -0.778. The van der Waals surface area contributed by atoms with E-state index in [1.165, 1.54) is 0 Å². The van der Waals surface area contributed by atoms with E-state index in [0.717, 1.165) is 29.3 Å². The Balaban J connectivity index is 1.79. The summed E-state index contributed by atoms with van der Waals surface area (Å²) in [7, 11) is 0. The van der Waals surface area contributed by atoms with Crippen molar-refractivity contribution in [3.05, 3.63) is 33.8 Å². The molecule has 1 amide bonds. The Labute approximate surface area is 132 Å². The van der Waals surface area contributed by atoms with Crippen LogP contribution in [0.3, 0.4) is 0 Å². The van der Waals surface area contributed by atoms with Crippen LogP contribution >= 0.6 is 15.9 Å². The van der Waals surface area contributed by atoms with Gasteiger partial charge in [-0.15, -0.1) is 0 Å². The number of hydrogen-bond donors (Lipinski definition) is 2. The number of carbonyl (C=O) groups excluding carboxylic acids is 1. The maximum Gasteiger partial charge on any atom is 0.308 e. The van der Waals surface area contributed by atoms with Gasteiger partial charge in [0.15, 0.2) is 0 Å². The SMILES string of the molecule is Cc1cc(Br)ccc1C(=O)NC1C2CCC(C2)C1C(=O)O. The van der Waals surface area contributed by atoms with Crippen LogP contribution in [0.2, 0.25) is 0 Å². The van der Waals surface area contributed by atoms with Crippen molar-refractivity contribution in [2.75, 3.05) is 0 Å². The van der Waals surface area contributed by atoms with Crippen LogP contribution < -0.4 is 5.32 Å². The van der Waals surface area contributed by atoms with Crippen molar-refractivity contribution < 1.29 is 14.7 Å². The molecule has 2 aliphatic rings. The molecule has 2 fully saturated rings. The summed E-state index contributed by atoms with van der Waals surface area (Å²) in [5.41, 5.74) is 1.50. The second kappa shape index (κ2) is 5.44. The van der Waals surface area contributed by atoms with E-state index < -0.39 is 11.9 Å². The maximum atomic E-state index is 12.5. The minimum Gasteiger partial charge on any atom is -0.481 e. The molecule has 3 rings (SSSR count). The van der Waals surface area contributed by atoms with Crippen LogP contribution in [0.25, 0.3) is 0 Å². The molecule has 5 heteroatoms. The van der Waals surface area contributed by atoms with E-state index >= 15 is 0 Å². The molecule has 0 aromatic heterocycles. The number of rotatable bonds is 3. The third-order valence-corrected chi connectivity index (χ3v) is 5.43. The lowest BCUT2D eigenvalue weighted by Crippen LogP contribution is -2.46. The highest BCUT2D eigenvalue weighted by Crippen LogP contribution is 2.48. The summed E-state index contributed by atoms with van der Waals surface area (Å²) in [6, 6.07) is 5.27. The fraction of sp³-hybridized carbons (Fsp3) is 0.500. The van der Waals surface area contributed by atoms with Gasteiger partial charge in [-0.2, -0.15) is 0 Å². The number of carboxylic acids is 1. The Kier molecular flexibility index (Phi) is 3.78. The fourth-order valence-corrected chi connectivity index (χ4v) is 4.44. The second-order valence-corrected chi connectivity index (χ2v) is 7.07. The highest BCUT2D eigenvalue weighted by atomic mass is 79.9. The Morgan fingerprint density at radius 3 is 2.67 bits per heavy atom. The van der Waals surface area contributed by atoms with Gasteiger partial charge in [-0.1, -0.05) is 15.9 Å². The van der Waals surface area contributed by atoms with E-state index in [0.29, 0.717) is 11.5 Å². The van der Waals surface area contributed by atoms with Crippen molar-refractivity contribution in [2.45, 2.75) is 32.2 Å². The molecule has 21 heavy (non-hydrogen) atoms. The lowest BCUT2D eigenvalue weighted by Gasteiger charge is -2.29. The summed E-state index contributed by atoms with van der Waals surface area (Å²) in [6.45, 7) is 1.88. The van der Waals surface area contributed by atoms with Gasteiger partial charge >= 0.3 is 5.97 Å². The number of halogens is 1. The largest absolute Gasteiger partial charge is 0.481 e. The zero-order valence-corrected chi connectivity index (χ0v) is 13.4. The van der Waals surface area contributed by atoms with Crippen molar-refractivity contribution in [2.24, 2.45) is 17.8 Å². The first-order valence-electron chi connectivity index (χ1n) is 7.27. The third kappa shape index (κ3) is 2.59.